The van der Waals surface area contributed by atoms with Crippen molar-refractivity contribution in [3.63, 3.8) is 0 Å². The summed E-state index contributed by atoms with van der Waals surface area (Å²) < 4.78 is 2.15. The number of nitrogens with two attached hydrogens (primary N) is 1. The molecule has 0 aliphatic heterocycles. The number of nitrogens with zero attached hydrogens (tertiary/aromatic N) is 1. The van der Waals surface area contributed by atoms with Crippen molar-refractivity contribution in [2.45, 2.75) is 0 Å². The predicted molar refractivity (Wildman–Crippen MR) is 70.0 cm³/mol. The van der Waals surface area contributed by atoms with Crippen molar-refractivity contribution in [2.24, 2.45) is 5.84 Å². The molecule has 0 unspecified atom stereocenters. The van der Waals surface area contributed by atoms with Crippen LogP contribution in [0.15, 0.2) is 28.7 Å². The van der Waals surface area contributed by atoms with Crippen LogP contribution >= 0.6 is 38.5 Å². The van der Waals surface area contributed by atoms with Gasteiger partial charge < -0.3 is 5.43 Å². The van der Waals surface area contributed by atoms with Gasteiger partial charge in [0.1, 0.15) is 5.82 Å². The van der Waals surface area contributed by atoms with Crippen LogP contribution < -0.4 is 11.3 Å². The minimum absolute atomic E-state index is 0.667. The van der Waals surface area contributed by atoms with Crippen LogP contribution in [0.1, 0.15) is 0 Å². The number of nitrogen functional groups attached to an aromatic ring is 1. The van der Waals surface area contributed by atoms with Crippen LogP contribution in [0.25, 0.3) is 10.9 Å². The third-order valence-electron chi connectivity index (χ3n) is 1.90. The Balaban J connectivity index is 2.80. The number of hydrogen-bond donors (Lipinski definition) is 2. The van der Waals surface area contributed by atoms with E-state index in [-0.39, 0.29) is 0 Å². The molecule has 0 spiro atoms. The highest BCUT2D eigenvalue weighted by Gasteiger charge is 2.04. The van der Waals surface area contributed by atoms with E-state index in [4.69, 9.17) is 5.84 Å². The zero-order valence-corrected chi connectivity index (χ0v) is 10.8. The fourth-order valence-corrected chi connectivity index (χ4v) is 2.28. The second kappa shape index (κ2) is 4.00. The van der Waals surface area contributed by atoms with Crippen LogP contribution in [-0.4, -0.2) is 4.98 Å². The molecule has 2 rings (SSSR count). The van der Waals surface area contributed by atoms with Crippen LogP contribution in [0.4, 0.5) is 5.82 Å². The number of nitrogens with one attached hydrogen (secondary N) is 1. The van der Waals surface area contributed by atoms with E-state index in [0.717, 1.165) is 15.4 Å². The summed E-state index contributed by atoms with van der Waals surface area (Å²) in [6.45, 7) is 0. The summed E-state index contributed by atoms with van der Waals surface area (Å²) in [5.41, 5.74) is 3.45. The normalized spacial score (nSPS) is 10.5. The quantitative estimate of drug-likeness (QED) is 0.465. The monoisotopic (exact) mass is 363 g/mol. The van der Waals surface area contributed by atoms with Gasteiger partial charge in [-0.15, -0.1) is 0 Å². The van der Waals surface area contributed by atoms with Crippen LogP contribution in [0.3, 0.4) is 0 Å². The Kier molecular flexibility index (Phi) is 2.89. The van der Waals surface area contributed by atoms with E-state index in [0.29, 0.717) is 5.82 Å². The molecule has 72 valence electrons. The first-order valence-electron chi connectivity index (χ1n) is 3.94. The predicted octanol–water partition coefficient (Wildman–Crippen LogP) is 2.89. The lowest BCUT2D eigenvalue weighted by molar-refractivity contribution is 1.26. The van der Waals surface area contributed by atoms with Crippen molar-refractivity contribution in [2.75, 3.05) is 5.43 Å². The summed E-state index contributed by atoms with van der Waals surface area (Å²) in [4.78, 5) is 4.37. The molecular weight excluding hydrogens is 357 g/mol. The third-order valence-corrected chi connectivity index (χ3v) is 3.48. The fourth-order valence-electron chi connectivity index (χ4n) is 1.23. The largest absolute Gasteiger partial charge is 0.308 e. The lowest BCUT2D eigenvalue weighted by Gasteiger charge is -2.04. The minimum atomic E-state index is 0.667. The maximum absolute atomic E-state index is 5.30. The average molecular weight is 364 g/mol. The standard InChI is InChI=1S/C9H7BrIN3/c10-6-2-3-7(11)5-1-4-8(14-12)13-9(5)6/h1-4H,12H2,(H,13,14). The van der Waals surface area contributed by atoms with Crippen molar-refractivity contribution in [1.82, 2.24) is 4.98 Å². The minimum Gasteiger partial charge on any atom is -0.308 e. The van der Waals surface area contributed by atoms with Gasteiger partial charge in [0, 0.05) is 13.4 Å². The van der Waals surface area contributed by atoms with Crippen molar-refractivity contribution < 1.29 is 0 Å². The Morgan fingerprint density at radius 1 is 1.29 bits per heavy atom. The van der Waals surface area contributed by atoms with E-state index in [1.165, 1.54) is 3.57 Å². The van der Waals surface area contributed by atoms with E-state index in [1.54, 1.807) is 0 Å². The maximum atomic E-state index is 5.30. The lowest BCUT2D eigenvalue weighted by atomic mass is 10.2. The molecule has 0 saturated heterocycles. The number of pyridine rings is 1. The van der Waals surface area contributed by atoms with E-state index < -0.39 is 0 Å². The molecular formula is C9H7BrIN3. The fraction of sp³-hybridized carbons (Fsp3) is 0. The van der Waals surface area contributed by atoms with Gasteiger partial charge in [-0.3, -0.25) is 0 Å². The van der Waals surface area contributed by atoms with E-state index in [2.05, 4.69) is 48.9 Å². The first kappa shape index (κ1) is 10.1. The zero-order valence-electron chi connectivity index (χ0n) is 7.09. The van der Waals surface area contributed by atoms with E-state index in [9.17, 15) is 0 Å². The van der Waals surface area contributed by atoms with Crippen LogP contribution in [0.2, 0.25) is 0 Å². The molecule has 3 N–H and O–H groups in total. The second-order valence-corrected chi connectivity index (χ2v) is 4.78. The van der Waals surface area contributed by atoms with E-state index in [1.807, 2.05) is 24.3 Å². The first-order chi connectivity index (χ1) is 6.72. The number of anilines is 1. The Labute approximate surface area is 103 Å². The smallest absolute Gasteiger partial charge is 0.140 e. The molecule has 3 nitrogen and oxygen atoms in total. The van der Waals surface area contributed by atoms with Gasteiger partial charge in [-0.1, -0.05) is 0 Å². The van der Waals surface area contributed by atoms with Crippen molar-refractivity contribution in [3.05, 3.63) is 32.3 Å². The number of halogens is 2. The first-order valence-corrected chi connectivity index (χ1v) is 5.81. The molecule has 2 aromatic rings. The molecule has 0 fully saturated rings. The third kappa shape index (κ3) is 1.71. The molecule has 0 amide bonds. The Morgan fingerprint density at radius 3 is 2.79 bits per heavy atom. The summed E-state index contributed by atoms with van der Waals surface area (Å²) in [6, 6.07) is 7.89. The number of benzene rings is 1. The molecule has 14 heavy (non-hydrogen) atoms. The maximum Gasteiger partial charge on any atom is 0.140 e. The Bertz CT molecular complexity index is 487. The molecule has 0 atom stereocenters. The van der Waals surface area contributed by atoms with Crippen molar-refractivity contribution in [1.29, 1.82) is 0 Å². The van der Waals surface area contributed by atoms with E-state index >= 15 is 0 Å². The molecule has 1 aromatic carbocycles. The molecule has 0 radical (unpaired) electrons. The number of rotatable bonds is 1. The molecule has 0 bridgehead atoms. The molecule has 1 heterocycles. The highest BCUT2D eigenvalue weighted by molar-refractivity contribution is 14.1. The molecule has 0 aliphatic rings. The number of aromatic nitrogens is 1. The van der Waals surface area contributed by atoms with Crippen molar-refractivity contribution >= 4 is 55.2 Å². The van der Waals surface area contributed by atoms with Crippen LogP contribution in [0, 0.1) is 3.57 Å². The summed E-state index contributed by atoms with van der Waals surface area (Å²) in [5.74, 6) is 5.97. The topological polar surface area (TPSA) is 50.9 Å². The highest BCUT2D eigenvalue weighted by Crippen LogP contribution is 2.27. The average Bonchev–Trinajstić information content (AvgIpc) is 2.23. The van der Waals surface area contributed by atoms with Gasteiger partial charge in [-0.25, -0.2) is 10.8 Å². The molecule has 1 aromatic heterocycles. The van der Waals surface area contributed by atoms with Crippen molar-refractivity contribution in [3.8, 4) is 0 Å². The van der Waals surface area contributed by atoms with Gasteiger partial charge in [0.05, 0.1) is 5.52 Å². The lowest BCUT2D eigenvalue weighted by Crippen LogP contribution is -2.08. The van der Waals surface area contributed by atoms with Gasteiger partial charge in [0.2, 0.25) is 0 Å². The number of hydrazine groups is 1. The van der Waals surface area contributed by atoms with Gasteiger partial charge >= 0.3 is 0 Å². The van der Waals surface area contributed by atoms with Crippen LogP contribution in [0.5, 0.6) is 0 Å². The molecule has 0 aliphatic carbocycles. The van der Waals surface area contributed by atoms with Gasteiger partial charge in [-0.2, -0.15) is 0 Å². The van der Waals surface area contributed by atoms with Gasteiger partial charge in [0.15, 0.2) is 0 Å². The number of fused-ring (bicyclic) bond motifs is 1. The number of hydrogen-bond acceptors (Lipinski definition) is 3. The summed E-state index contributed by atoms with van der Waals surface area (Å²) in [6.07, 6.45) is 0. The highest BCUT2D eigenvalue weighted by atomic mass is 127. The zero-order chi connectivity index (χ0) is 10.1. The van der Waals surface area contributed by atoms with Gasteiger partial charge in [-0.05, 0) is 62.8 Å². The summed E-state index contributed by atoms with van der Waals surface area (Å²) >= 11 is 5.75. The van der Waals surface area contributed by atoms with Gasteiger partial charge in [0.25, 0.3) is 0 Å². The summed E-state index contributed by atoms with van der Waals surface area (Å²) in [7, 11) is 0. The SMILES string of the molecule is NNc1ccc2c(I)ccc(Br)c2n1. The molecule has 0 saturated carbocycles. The Hall–Kier alpha value is -0.400. The summed E-state index contributed by atoms with van der Waals surface area (Å²) in [5, 5.41) is 1.12. The molecule has 5 heteroatoms. The second-order valence-electron chi connectivity index (χ2n) is 2.77. The Morgan fingerprint density at radius 2 is 2.07 bits per heavy atom. The van der Waals surface area contributed by atoms with Crippen LogP contribution in [-0.2, 0) is 0 Å².